The highest BCUT2D eigenvalue weighted by molar-refractivity contribution is 6.12. The van der Waals surface area contributed by atoms with Crippen LogP contribution in [0.2, 0.25) is 0 Å². The van der Waals surface area contributed by atoms with Gasteiger partial charge in [0.15, 0.2) is 5.78 Å². The van der Waals surface area contributed by atoms with Crippen molar-refractivity contribution in [2.75, 3.05) is 6.54 Å². The van der Waals surface area contributed by atoms with E-state index >= 15 is 0 Å². The van der Waals surface area contributed by atoms with Crippen LogP contribution in [0.25, 0.3) is 5.69 Å². The molecule has 0 unspecified atom stereocenters. The molecule has 0 spiro atoms. The summed E-state index contributed by atoms with van der Waals surface area (Å²) < 4.78 is 2.06. The first kappa shape index (κ1) is 19.1. The van der Waals surface area contributed by atoms with Gasteiger partial charge in [0.05, 0.1) is 6.54 Å². The maximum absolute atomic E-state index is 13.3. The van der Waals surface area contributed by atoms with Crippen LogP contribution < -0.4 is 5.32 Å². The maximum atomic E-state index is 13.3. The Labute approximate surface area is 176 Å². The molecule has 0 radical (unpaired) electrons. The SMILES string of the molecule is Cc1ccccc1-n1c(C)cc(C(=O)CN2C(=O)NC(C3CC3)(C3CC3)C2=O)c1C. The first-order chi connectivity index (χ1) is 14.3. The number of hydrogen-bond donors (Lipinski definition) is 1. The van der Waals surface area contributed by atoms with Gasteiger partial charge in [-0.15, -0.1) is 0 Å². The lowest BCUT2D eigenvalue weighted by Gasteiger charge is -2.26. The Hall–Kier alpha value is -2.89. The molecular formula is C24H27N3O3. The van der Waals surface area contributed by atoms with E-state index in [0.29, 0.717) is 5.56 Å². The van der Waals surface area contributed by atoms with E-state index in [4.69, 9.17) is 0 Å². The van der Waals surface area contributed by atoms with Crippen molar-refractivity contribution >= 4 is 17.7 Å². The monoisotopic (exact) mass is 405 g/mol. The Balaban J connectivity index is 1.43. The van der Waals surface area contributed by atoms with Crippen molar-refractivity contribution < 1.29 is 14.4 Å². The average Bonchev–Trinajstić information content (AvgIpc) is 3.62. The number of amides is 3. The number of urea groups is 1. The van der Waals surface area contributed by atoms with E-state index in [1.807, 2.05) is 51.1 Å². The van der Waals surface area contributed by atoms with Crippen LogP contribution in [0.5, 0.6) is 0 Å². The number of Topliss-reactive ketones (excluding diaryl/α,β-unsaturated/α-hetero) is 1. The van der Waals surface area contributed by atoms with E-state index in [1.54, 1.807) is 0 Å². The molecular weight excluding hydrogens is 378 g/mol. The predicted octanol–water partition coefficient (Wildman–Crippen LogP) is 3.70. The molecule has 0 bridgehead atoms. The fraction of sp³-hybridized carbons (Fsp3) is 0.458. The second-order valence-electron chi connectivity index (χ2n) is 9.07. The lowest BCUT2D eigenvalue weighted by atomic mass is 9.87. The molecule has 0 atom stereocenters. The number of carbonyl (C=O) groups is 3. The normalized spacial score (nSPS) is 20.6. The lowest BCUT2D eigenvalue weighted by Crippen LogP contribution is -2.51. The van der Waals surface area contributed by atoms with E-state index in [1.165, 1.54) is 0 Å². The number of imide groups is 1. The highest BCUT2D eigenvalue weighted by Crippen LogP contribution is 2.54. The molecule has 3 fully saturated rings. The van der Waals surface area contributed by atoms with Gasteiger partial charge in [-0.25, -0.2) is 4.79 Å². The summed E-state index contributed by atoms with van der Waals surface area (Å²) in [5.41, 5.74) is 3.73. The zero-order chi connectivity index (χ0) is 21.2. The Bertz CT molecular complexity index is 1060. The van der Waals surface area contributed by atoms with Crippen molar-refractivity contribution in [1.29, 1.82) is 0 Å². The summed E-state index contributed by atoms with van der Waals surface area (Å²) in [6, 6.07) is 9.48. The molecule has 5 rings (SSSR count). The summed E-state index contributed by atoms with van der Waals surface area (Å²) in [4.78, 5) is 40.3. The maximum Gasteiger partial charge on any atom is 0.325 e. The number of rotatable bonds is 6. The van der Waals surface area contributed by atoms with E-state index in [-0.39, 0.29) is 30.1 Å². The first-order valence-electron chi connectivity index (χ1n) is 10.8. The number of nitrogens with one attached hydrogen (secondary N) is 1. The molecule has 1 saturated heterocycles. The quantitative estimate of drug-likeness (QED) is 0.588. The highest BCUT2D eigenvalue weighted by atomic mass is 16.2. The van der Waals surface area contributed by atoms with Crippen LogP contribution in [0.3, 0.4) is 0 Å². The molecule has 2 aromatic rings. The lowest BCUT2D eigenvalue weighted by molar-refractivity contribution is -0.132. The van der Waals surface area contributed by atoms with Crippen molar-refractivity contribution in [2.24, 2.45) is 11.8 Å². The second kappa shape index (κ2) is 6.56. The second-order valence-corrected chi connectivity index (χ2v) is 9.07. The topological polar surface area (TPSA) is 71.4 Å². The third kappa shape index (κ3) is 2.73. The molecule has 3 aliphatic rings. The Morgan fingerprint density at radius 3 is 2.30 bits per heavy atom. The molecule has 1 aromatic heterocycles. The van der Waals surface area contributed by atoms with E-state index in [2.05, 4.69) is 9.88 Å². The van der Waals surface area contributed by atoms with Crippen LogP contribution in [0.4, 0.5) is 4.79 Å². The minimum Gasteiger partial charge on any atom is -0.323 e. The van der Waals surface area contributed by atoms with Gasteiger partial charge in [-0.3, -0.25) is 14.5 Å². The Morgan fingerprint density at radius 1 is 1.07 bits per heavy atom. The standard InChI is InChI=1S/C24H27N3O3/c1-14-6-4-5-7-20(14)27-15(2)12-19(16(27)3)21(28)13-26-22(29)24(17-8-9-17,18-10-11-18)25-23(26)30/h4-7,12,17-18H,8-11,13H2,1-3H3,(H,25,30). The summed E-state index contributed by atoms with van der Waals surface area (Å²) in [5, 5.41) is 2.99. The van der Waals surface area contributed by atoms with Crippen LogP contribution in [-0.4, -0.2) is 39.3 Å². The Morgan fingerprint density at radius 2 is 1.70 bits per heavy atom. The van der Waals surface area contributed by atoms with Crippen molar-refractivity contribution in [3.8, 4) is 5.69 Å². The summed E-state index contributed by atoms with van der Waals surface area (Å²) in [5.74, 6) is 0.0627. The molecule has 2 aliphatic carbocycles. The fourth-order valence-corrected chi connectivity index (χ4v) is 5.18. The van der Waals surface area contributed by atoms with Gasteiger partial charge in [-0.2, -0.15) is 0 Å². The van der Waals surface area contributed by atoms with E-state index in [9.17, 15) is 14.4 Å². The van der Waals surface area contributed by atoms with Gasteiger partial charge in [0.25, 0.3) is 5.91 Å². The highest BCUT2D eigenvalue weighted by Gasteiger charge is 2.65. The van der Waals surface area contributed by atoms with Gasteiger partial charge in [-0.1, -0.05) is 18.2 Å². The zero-order valence-corrected chi connectivity index (χ0v) is 17.7. The molecule has 6 nitrogen and oxygen atoms in total. The predicted molar refractivity (Wildman–Crippen MR) is 113 cm³/mol. The van der Waals surface area contributed by atoms with Gasteiger partial charge in [0.2, 0.25) is 0 Å². The molecule has 1 aliphatic heterocycles. The molecule has 3 amide bonds. The summed E-state index contributed by atoms with van der Waals surface area (Å²) in [6.07, 6.45) is 3.90. The van der Waals surface area contributed by atoms with Crippen molar-refractivity contribution in [2.45, 2.75) is 52.0 Å². The molecule has 6 heteroatoms. The van der Waals surface area contributed by atoms with Crippen LogP contribution in [-0.2, 0) is 4.79 Å². The average molecular weight is 405 g/mol. The first-order valence-corrected chi connectivity index (χ1v) is 10.8. The molecule has 156 valence electrons. The number of para-hydroxylation sites is 1. The van der Waals surface area contributed by atoms with Gasteiger partial charge >= 0.3 is 6.03 Å². The molecule has 1 N–H and O–H groups in total. The fourth-order valence-electron chi connectivity index (χ4n) is 5.18. The smallest absolute Gasteiger partial charge is 0.323 e. The van der Waals surface area contributed by atoms with E-state index < -0.39 is 11.6 Å². The van der Waals surface area contributed by atoms with Crippen LogP contribution >= 0.6 is 0 Å². The molecule has 2 saturated carbocycles. The summed E-state index contributed by atoms with van der Waals surface area (Å²) in [6.45, 7) is 5.72. The molecule has 2 heterocycles. The number of aromatic nitrogens is 1. The number of ketones is 1. The number of aryl methyl sites for hydroxylation is 2. The van der Waals surface area contributed by atoms with Crippen molar-refractivity contribution in [3.63, 3.8) is 0 Å². The van der Waals surface area contributed by atoms with Gasteiger partial charge < -0.3 is 9.88 Å². The molecule has 30 heavy (non-hydrogen) atoms. The number of hydrogen-bond acceptors (Lipinski definition) is 3. The molecule has 1 aromatic carbocycles. The van der Waals surface area contributed by atoms with Gasteiger partial charge in [-0.05, 0) is 76.0 Å². The van der Waals surface area contributed by atoms with E-state index in [0.717, 1.165) is 53.2 Å². The Kier molecular flexibility index (Phi) is 4.17. The minimum absolute atomic E-state index is 0.196. The zero-order valence-electron chi connectivity index (χ0n) is 17.7. The van der Waals surface area contributed by atoms with Crippen LogP contribution in [0, 0.1) is 32.6 Å². The number of nitrogens with zero attached hydrogens (tertiary/aromatic N) is 2. The van der Waals surface area contributed by atoms with Crippen LogP contribution in [0.15, 0.2) is 30.3 Å². The minimum atomic E-state index is -0.755. The summed E-state index contributed by atoms with van der Waals surface area (Å²) >= 11 is 0. The van der Waals surface area contributed by atoms with Gasteiger partial charge in [0.1, 0.15) is 5.54 Å². The van der Waals surface area contributed by atoms with Gasteiger partial charge in [0, 0.05) is 22.6 Å². The largest absolute Gasteiger partial charge is 0.325 e. The summed E-state index contributed by atoms with van der Waals surface area (Å²) in [7, 11) is 0. The van der Waals surface area contributed by atoms with Crippen molar-refractivity contribution in [3.05, 3.63) is 52.8 Å². The van der Waals surface area contributed by atoms with Crippen LogP contribution in [0.1, 0.15) is 53.0 Å². The number of benzene rings is 1. The third-order valence-electron chi connectivity index (χ3n) is 6.99. The number of carbonyl (C=O) groups excluding carboxylic acids is 3. The van der Waals surface area contributed by atoms with Crippen molar-refractivity contribution in [1.82, 2.24) is 14.8 Å². The third-order valence-corrected chi connectivity index (χ3v) is 6.99.